The highest BCUT2D eigenvalue weighted by Crippen LogP contribution is 2.26. The van der Waals surface area contributed by atoms with E-state index in [0.29, 0.717) is 39.1 Å². The van der Waals surface area contributed by atoms with Crippen molar-refractivity contribution in [3.8, 4) is 17.3 Å². The second-order valence-electron chi connectivity index (χ2n) is 8.40. The van der Waals surface area contributed by atoms with Crippen LogP contribution in [-0.2, 0) is 0 Å². The zero-order valence-corrected chi connectivity index (χ0v) is 19.5. The molecule has 1 atom stereocenters. The molecule has 1 aliphatic rings. The lowest BCUT2D eigenvalue weighted by Gasteiger charge is -2.36. The van der Waals surface area contributed by atoms with Gasteiger partial charge in [0.2, 0.25) is 0 Å². The fourth-order valence-electron chi connectivity index (χ4n) is 4.37. The number of H-pyrrole nitrogens is 1. The van der Waals surface area contributed by atoms with Gasteiger partial charge in [-0.15, -0.1) is 0 Å². The number of nitriles is 1. The molecule has 0 saturated carbocycles. The van der Waals surface area contributed by atoms with Gasteiger partial charge in [0.25, 0.3) is 5.91 Å². The first-order valence-electron chi connectivity index (χ1n) is 11.2. The van der Waals surface area contributed by atoms with Gasteiger partial charge in [0.05, 0.1) is 36.0 Å². The van der Waals surface area contributed by atoms with E-state index >= 15 is 0 Å². The first-order valence-corrected chi connectivity index (χ1v) is 11.6. The number of nitrogens with one attached hydrogen (secondary N) is 1. The van der Waals surface area contributed by atoms with E-state index in [9.17, 15) is 14.4 Å². The molecule has 9 nitrogen and oxygen atoms in total. The number of amides is 1. The Morgan fingerprint density at radius 3 is 2.83 bits per heavy atom. The molecular weight excluding hydrogens is 471 g/mol. The molecule has 3 aromatic heterocycles. The Bertz CT molecular complexity index is 1400. The maximum atomic E-state index is 14.2. The lowest BCUT2D eigenvalue weighted by molar-refractivity contribution is 0.0613. The van der Waals surface area contributed by atoms with Crippen LogP contribution in [0.2, 0.25) is 5.02 Å². The highest BCUT2D eigenvalue weighted by atomic mass is 35.5. The molecule has 1 fully saturated rings. The topological polar surface area (TPSA) is 107 Å². The van der Waals surface area contributed by atoms with Crippen LogP contribution in [-0.4, -0.2) is 73.2 Å². The predicted octanol–water partition coefficient (Wildman–Crippen LogP) is 3.53. The monoisotopic (exact) mass is 492 g/mol. The highest BCUT2D eigenvalue weighted by molar-refractivity contribution is 6.30. The second kappa shape index (κ2) is 9.82. The minimum atomic E-state index is -0.617. The number of hydrogen-bond donors (Lipinski definition) is 1. The summed E-state index contributed by atoms with van der Waals surface area (Å²) in [5, 5.41) is 15.1. The number of aromatic amines is 1. The van der Waals surface area contributed by atoms with Crippen LogP contribution in [0.1, 0.15) is 22.8 Å². The molecule has 0 aliphatic carbocycles. The molecule has 1 amide bonds. The molecule has 1 saturated heterocycles. The molecule has 35 heavy (non-hydrogen) atoms. The third-order valence-electron chi connectivity index (χ3n) is 6.22. The molecule has 11 heteroatoms. The number of halogens is 2. The molecular formula is C24H22ClFN8O. The van der Waals surface area contributed by atoms with Crippen molar-refractivity contribution in [3.63, 3.8) is 0 Å². The summed E-state index contributed by atoms with van der Waals surface area (Å²) in [6.07, 6.45) is 7.27. The van der Waals surface area contributed by atoms with Crippen molar-refractivity contribution in [2.24, 2.45) is 0 Å². The predicted molar refractivity (Wildman–Crippen MR) is 128 cm³/mol. The van der Waals surface area contributed by atoms with Crippen LogP contribution in [0.15, 0.2) is 49.2 Å². The number of hydrogen-bond acceptors (Lipinski definition) is 6. The van der Waals surface area contributed by atoms with E-state index in [4.69, 9.17) is 11.6 Å². The molecule has 5 rings (SSSR count). The lowest BCUT2D eigenvalue weighted by Crippen LogP contribution is -2.50. The van der Waals surface area contributed by atoms with Crippen LogP contribution in [0, 0.1) is 17.1 Å². The van der Waals surface area contributed by atoms with Crippen LogP contribution in [0.5, 0.6) is 0 Å². The van der Waals surface area contributed by atoms with Crippen molar-refractivity contribution >= 4 is 28.5 Å². The average molecular weight is 493 g/mol. The fourth-order valence-corrected chi connectivity index (χ4v) is 4.53. The second-order valence-corrected chi connectivity index (χ2v) is 8.84. The zero-order valence-electron chi connectivity index (χ0n) is 18.7. The number of benzene rings is 1. The summed E-state index contributed by atoms with van der Waals surface area (Å²) >= 11 is 5.80. The van der Waals surface area contributed by atoms with Gasteiger partial charge in [-0.2, -0.15) is 10.4 Å². The Labute approximate surface area is 205 Å². The summed E-state index contributed by atoms with van der Waals surface area (Å²) in [7, 11) is 0. The van der Waals surface area contributed by atoms with Gasteiger partial charge >= 0.3 is 0 Å². The van der Waals surface area contributed by atoms with E-state index in [-0.39, 0.29) is 22.5 Å². The standard InChI is InChI=1S/C24H22ClFN8O/c25-17-1-2-19(21(26)11-17)24(35)33-9-7-32(8-10-33)14-18(3-5-27)34-13-16(12-31-34)22-20-4-6-28-23(20)30-15-29-22/h1-2,4,6,11-13,15,18H,3,7-10,14H2,(H,28,29,30). The van der Waals surface area contributed by atoms with Crippen molar-refractivity contribution < 1.29 is 9.18 Å². The van der Waals surface area contributed by atoms with Gasteiger partial charge in [0.1, 0.15) is 17.8 Å². The number of carbonyl (C=O) groups is 1. The Morgan fingerprint density at radius 1 is 1.23 bits per heavy atom. The maximum absolute atomic E-state index is 14.2. The number of rotatable bonds is 6. The van der Waals surface area contributed by atoms with Gasteiger partial charge < -0.3 is 9.88 Å². The van der Waals surface area contributed by atoms with E-state index in [1.807, 2.05) is 18.5 Å². The smallest absolute Gasteiger partial charge is 0.256 e. The Hall–Kier alpha value is -3.81. The molecule has 0 spiro atoms. The van der Waals surface area contributed by atoms with Gasteiger partial charge in [0, 0.05) is 61.1 Å². The van der Waals surface area contributed by atoms with Crippen LogP contribution in [0.25, 0.3) is 22.3 Å². The fraction of sp³-hybridized carbons (Fsp3) is 0.292. The number of carbonyl (C=O) groups excluding carboxylic acids is 1. The molecule has 178 valence electrons. The van der Waals surface area contributed by atoms with Crippen molar-refractivity contribution in [1.82, 2.24) is 34.5 Å². The van der Waals surface area contributed by atoms with Crippen LogP contribution < -0.4 is 0 Å². The van der Waals surface area contributed by atoms with Crippen molar-refractivity contribution in [1.29, 1.82) is 5.26 Å². The van der Waals surface area contributed by atoms with Gasteiger partial charge in [-0.25, -0.2) is 14.4 Å². The minimum absolute atomic E-state index is 0.0236. The summed E-state index contributed by atoms with van der Waals surface area (Å²) in [5.41, 5.74) is 2.40. The molecule has 1 aliphatic heterocycles. The molecule has 1 unspecified atom stereocenters. The van der Waals surface area contributed by atoms with E-state index in [0.717, 1.165) is 28.4 Å². The van der Waals surface area contributed by atoms with E-state index in [2.05, 4.69) is 31.0 Å². The zero-order chi connectivity index (χ0) is 24.4. The van der Waals surface area contributed by atoms with Crippen LogP contribution in [0.4, 0.5) is 4.39 Å². The van der Waals surface area contributed by atoms with Gasteiger partial charge in [-0.05, 0) is 24.3 Å². The quantitative estimate of drug-likeness (QED) is 0.441. The average Bonchev–Trinajstić information content (AvgIpc) is 3.54. The van der Waals surface area contributed by atoms with Gasteiger partial charge in [-0.3, -0.25) is 14.4 Å². The van der Waals surface area contributed by atoms with Gasteiger partial charge in [0.15, 0.2) is 0 Å². The lowest BCUT2D eigenvalue weighted by atomic mass is 10.1. The van der Waals surface area contributed by atoms with Crippen molar-refractivity contribution in [3.05, 3.63) is 65.6 Å². The third-order valence-corrected chi connectivity index (χ3v) is 6.46. The Kier molecular flexibility index (Phi) is 6.44. The minimum Gasteiger partial charge on any atom is -0.346 e. The van der Waals surface area contributed by atoms with Crippen molar-refractivity contribution in [2.45, 2.75) is 12.5 Å². The Morgan fingerprint density at radius 2 is 2.06 bits per heavy atom. The largest absolute Gasteiger partial charge is 0.346 e. The molecule has 1 aromatic carbocycles. The normalized spacial score (nSPS) is 15.3. The first-order chi connectivity index (χ1) is 17.0. The Balaban J connectivity index is 1.25. The molecule has 0 radical (unpaired) electrons. The number of piperazine rings is 1. The van der Waals surface area contributed by atoms with E-state index in [1.54, 1.807) is 15.8 Å². The SMILES string of the molecule is N#CCC(CN1CCN(C(=O)c2ccc(Cl)cc2F)CC1)n1cc(-c2ncnc3[nH]ccc23)cn1. The molecule has 0 bridgehead atoms. The summed E-state index contributed by atoms with van der Waals surface area (Å²) < 4.78 is 16.0. The van der Waals surface area contributed by atoms with Gasteiger partial charge in [-0.1, -0.05) is 11.6 Å². The molecule has 4 aromatic rings. The summed E-state index contributed by atoms with van der Waals surface area (Å²) in [4.78, 5) is 28.3. The molecule has 1 N–H and O–H groups in total. The maximum Gasteiger partial charge on any atom is 0.256 e. The van der Waals surface area contributed by atoms with E-state index < -0.39 is 5.82 Å². The highest BCUT2D eigenvalue weighted by Gasteiger charge is 2.26. The number of aromatic nitrogens is 5. The van der Waals surface area contributed by atoms with Crippen molar-refractivity contribution in [2.75, 3.05) is 32.7 Å². The van der Waals surface area contributed by atoms with Crippen LogP contribution in [0.3, 0.4) is 0 Å². The summed E-state index contributed by atoms with van der Waals surface area (Å²) in [6, 6.07) is 8.10. The molecule has 4 heterocycles. The third kappa shape index (κ3) is 4.73. The number of nitrogens with zero attached hydrogens (tertiary/aromatic N) is 7. The first kappa shape index (κ1) is 23.0. The van der Waals surface area contributed by atoms with Crippen LogP contribution >= 0.6 is 11.6 Å². The number of fused-ring (bicyclic) bond motifs is 1. The summed E-state index contributed by atoms with van der Waals surface area (Å²) in [6.45, 7) is 2.78. The summed E-state index contributed by atoms with van der Waals surface area (Å²) in [5.74, 6) is -0.959. The van der Waals surface area contributed by atoms with E-state index in [1.165, 1.54) is 18.5 Å².